The number of pyridine rings is 1. The van der Waals surface area contributed by atoms with Crippen LogP contribution in [0.25, 0.3) is 0 Å². The van der Waals surface area contributed by atoms with Gasteiger partial charge in [-0.2, -0.15) is 0 Å². The molecule has 0 aliphatic carbocycles. The minimum Gasteiger partial charge on any atom is -0.472 e. The number of aliphatic hydroxyl groups is 2. The average molecular weight is 447 g/mol. The fourth-order valence-corrected chi connectivity index (χ4v) is 3.34. The Hall–Kier alpha value is -2.67. The summed E-state index contributed by atoms with van der Waals surface area (Å²) in [5, 5.41) is 19.1. The maximum absolute atomic E-state index is 13.3. The second-order valence-electron chi connectivity index (χ2n) is 8.66. The van der Waals surface area contributed by atoms with Gasteiger partial charge in [0.05, 0.1) is 25.7 Å². The zero-order valence-corrected chi connectivity index (χ0v) is 19.7. The van der Waals surface area contributed by atoms with E-state index in [9.17, 15) is 19.8 Å². The van der Waals surface area contributed by atoms with Gasteiger partial charge < -0.3 is 29.6 Å². The van der Waals surface area contributed by atoms with Crippen LogP contribution in [0.4, 0.5) is 0 Å². The number of aliphatic hydroxyl groups excluding tert-OH is 2. The third kappa shape index (κ3) is 6.66. The summed E-state index contributed by atoms with van der Waals surface area (Å²) < 4.78 is 6.16. The van der Waals surface area contributed by atoms with Crippen LogP contribution >= 0.6 is 0 Å². The second kappa shape index (κ2) is 11.3. The van der Waals surface area contributed by atoms with E-state index < -0.39 is 18.2 Å². The Kier molecular flexibility index (Phi) is 9.01. The maximum Gasteiger partial charge on any atom is 0.259 e. The van der Waals surface area contributed by atoms with Gasteiger partial charge in [-0.15, -0.1) is 0 Å². The molecule has 2 heterocycles. The summed E-state index contributed by atoms with van der Waals surface area (Å²) in [4.78, 5) is 35.1. The molecular formula is C23H34N4O5. The fourth-order valence-electron chi connectivity index (χ4n) is 3.34. The highest BCUT2D eigenvalue weighted by Gasteiger charge is 2.34. The van der Waals surface area contributed by atoms with Gasteiger partial charge in [0, 0.05) is 31.3 Å². The lowest BCUT2D eigenvalue weighted by atomic mass is 10.00. The van der Waals surface area contributed by atoms with Crippen molar-refractivity contribution in [3.63, 3.8) is 0 Å². The summed E-state index contributed by atoms with van der Waals surface area (Å²) >= 11 is 0. The van der Waals surface area contributed by atoms with Gasteiger partial charge in [-0.1, -0.05) is 18.8 Å². The Morgan fingerprint density at radius 2 is 2.06 bits per heavy atom. The number of fused-ring (bicyclic) bond motifs is 1. The molecule has 1 aliphatic heterocycles. The van der Waals surface area contributed by atoms with Crippen molar-refractivity contribution >= 4 is 11.8 Å². The van der Waals surface area contributed by atoms with Crippen LogP contribution in [0, 0.1) is 17.8 Å². The minimum absolute atomic E-state index is 0.0403. The number of likely N-dealkylation sites (N-methyl/N-ethyl adjacent to an activating group) is 2. The van der Waals surface area contributed by atoms with E-state index in [1.807, 2.05) is 21.0 Å². The first-order chi connectivity index (χ1) is 15.0. The Morgan fingerprint density at radius 3 is 2.66 bits per heavy atom. The SMILES string of the molecule is C[C@H](O)C#Cc1cnc2c(c1)C(=O)N([C@@H](C)CO)C[C@H](C)[C@@H](CN(C)C(=O)CN(C)C)O2. The van der Waals surface area contributed by atoms with Crippen LogP contribution in [0.5, 0.6) is 5.88 Å². The highest BCUT2D eigenvalue weighted by molar-refractivity contribution is 5.97. The van der Waals surface area contributed by atoms with Crippen LogP contribution < -0.4 is 4.74 Å². The summed E-state index contributed by atoms with van der Waals surface area (Å²) in [6.45, 7) is 6.05. The number of nitrogens with zero attached hydrogens (tertiary/aromatic N) is 4. The van der Waals surface area contributed by atoms with Crippen molar-refractivity contribution in [1.29, 1.82) is 0 Å². The van der Waals surface area contributed by atoms with Gasteiger partial charge in [-0.25, -0.2) is 4.98 Å². The molecule has 0 bridgehead atoms. The largest absolute Gasteiger partial charge is 0.472 e. The second-order valence-corrected chi connectivity index (χ2v) is 8.66. The first-order valence-corrected chi connectivity index (χ1v) is 10.7. The van der Waals surface area contributed by atoms with Crippen LogP contribution in [-0.4, -0.2) is 107 Å². The lowest BCUT2D eigenvalue weighted by Gasteiger charge is -2.37. The Balaban J connectivity index is 2.42. The van der Waals surface area contributed by atoms with Crippen molar-refractivity contribution in [2.24, 2.45) is 5.92 Å². The molecule has 0 saturated carbocycles. The molecule has 0 saturated heterocycles. The normalized spacial score (nSPS) is 20.3. The summed E-state index contributed by atoms with van der Waals surface area (Å²) in [6, 6.07) is 1.18. The zero-order chi connectivity index (χ0) is 24.0. The highest BCUT2D eigenvalue weighted by Crippen LogP contribution is 2.27. The Bertz CT molecular complexity index is 877. The molecule has 0 unspecified atom stereocenters. The minimum atomic E-state index is -0.810. The molecule has 2 amide bonds. The number of carbonyl (C=O) groups excluding carboxylic acids is 2. The summed E-state index contributed by atoms with van der Waals surface area (Å²) in [7, 11) is 5.39. The molecule has 32 heavy (non-hydrogen) atoms. The maximum atomic E-state index is 13.3. The van der Waals surface area contributed by atoms with Crippen molar-refractivity contribution in [2.75, 3.05) is 47.4 Å². The molecule has 4 atom stereocenters. The Labute approximate surface area is 190 Å². The number of aromatic nitrogens is 1. The summed E-state index contributed by atoms with van der Waals surface area (Å²) in [6.07, 6.45) is 0.273. The number of ether oxygens (including phenoxy) is 1. The molecule has 2 rings (SSSR count). The van der Waals surface area contributed by atoms with Gasteiger partial charge in [0.15, 0.2) is 0 Å². The number of hydrogen-bond donors (Lipinski definition) is 2. The van der Waals surface area contributed by atoms with E-state index in [-0.39, 0.29) is 42.3 Å². The van der Waals surface area contributed by atoms with Gasteiger partial charge in [0.2, 0.25) is 11.8 Å². The van der Waals surface area contributed by atoms with Gasteiger partial charge in [0.1, 0.15) is 17.8 Å². The van der Waals surface area contributed by atoms with E-state index in [0.717, 1.165) is 0 Å². The van der Waals surface area contributed by atoms with Crippen molar-refractivity contribution in [2.45, 2.75) is 39.0 Å². The summed E-state index contributed by atoms with van der Waals surface area (Å²) in [5.41, 5.74) is 0.712. The van der Waals surface area contributed by atoms with E-state index in [4.69, 9.17) is 4.74 Å². The number of carbonyl (C=O) groups is 2. The quantitative estimate of drug-likeness (QED) is 0.595. The first-order valence-electron chi connectivity index (χ1n) is 10.7. The lowest BCUT2D eigenvalue weighted by molar-refractivity contribution is -0.132. The van der Waals surface area contributed by atoms with E-state index in [2.05, 4.69) is 16.8 Å². The molecule has 0 radical (unpaired) electrons. The molecule has 9 heteroatoms. The molecule has 0 spiro atoms. The average Bonchev–Trinajstić information content (AvgIpc) is 2.73. The van der Waals surface area contributed by atoms with Crippen LogP contribution in [0.2, 0.25) is 0 Å². The third-order valence-electron chi connectivity index (χ3n) is 5.28. The zero-order valence-electron chi connectivity index (χ0n) is 19.7. The number of rotatable bonds is 6. The molecule has 1 aliphatic rings. The fraction of sp³-hybridized carbons (Fsp3) is 0.609. The number of hydrogen-bond acceptors (Lipinski definition) is 7. The topological polar surface area (TPSA) is 106 Å². The number of amides is 2. The van der Waals surface area contributed by atoms with Gasteiger partial charge in [-0.3, -0.25) is 9.59 Å². The summed E-state index contributed by atoms with van der Waals surface area (Å²) in [5.74, 6) is 5.13. The van der Waals surface area contributed by atoms with E-state index >= 15 is 0 Å². The molecule has 0 aromatic carbocycles. The van der Waals surface area contributed by atoms with E-state index in [0.29, 0.717) is 18.7 Å². The molecule has 0 fully saturated rings. The molecule has 176 valence electrons. The lowest BCUT2D eigenvalue weighted by Crippen LogP contribution is -2.51. The smallest absolute Gasteiger partial charge is 0.259 e. The standard InChI is InChI=1S/C23H34N4O5/c1-15-11-27(16(2)14-28)23(31)19-9-18(8-7-17(3)29)10-24-22(19)32-20(15)12-26(6)21(30)13-25(4)5/h9-10,15-17,20,28-29H,11-14H2,1-6H3/t15-,16-,17-,20+/m0/s1. The van der Waals surface area contributed by atoms with Crippen LogP contribution in [-0.2, 0) is 4.79 Å². The monoisotopic (exact) mass is 446 g/mol. The first kappa shape index (κ1) is 25.6. The van der Waals surface area contributed by atoms with Crippen LogP contribution in [0.3, 0.4) is 0 Å². The van der Waals surface area contributed by atoms with E-state index in [1.54, 1.807) is 41.7 Å². The predicted octanol–water partition coefficient (Wildman–Crippen LogP) is 0.0540. The van der Waals surface area contributed by atoms with E-state index in [1.165, 1.54) is 6.20 Å². The van der Waals surface area contributed by atoms with Gasteiger partial charge >= 0.3 is 0 Å². The molecule has 9 nitrogen and oxygen atoms in total. The third-order valence-corrected chi connectivity index (χ3v) is 5.28. The van der Waals surface area contributed by atoms with Crippen molar-refractivity contribution < 1.29 is 24.5 Å². The van der Waals surface area contributed by atoms with Crippen LogP contribution in [0.1, 0.15) is 36.7 Å². The van der Waals surface area contributed by atoms with Crippen molar-refractivity contribution in [1.82, 2.24) is 19.7 Å². The van der Waals surface area contributed by atoms with Crippen molar-refractivity contribution in [3.05, 3.63) is 23.4 Å². The molecule has 1 aromatic rings. The van der Waals surface area contributed by atoms with Gasteiger partial charge in [-0.05, 0) is 34.0 Å². The predicted molar refractivity (Wildman–Crippen MR) is 120 cm³/mol. The molecule has 1 aromatic heterocycles. The Morgan fingerprint density at radius 1 is 1.38 bits per heavy atom. The van der Waals surface area contributed by atoms with Crippen LogP contribution in [0.15, 0.2) is 12.3 Å². The highest BCUT2D eigenvalue weighted by atomic mass is 16.5. The van der Waals surface area contributed by atoms with Gasteiger partial charge in [0.25, 0.3) is 5.91 Å². The molecule has 2 N–H and O–H groups in total. The van der Waals surface area contributed by atoms with Crippen molar-refractivity contribution in [3.8, 4) is 17.7 Å². The molecular weight excluding hydrogens is 412 g/mol.